The van der Waals surface area contributed by atoms with Crippen LogP contribution in [-0.2, 0) is 9.53 Å². The first-order valence-electron chi connectivity index (χ1n) is 6.89. The molecule has 0 radical (unpaired) electrons. The van der Waals surface area contributed by atoms with E-state index in [1.165, 1.54) is 0 Å². The number of methoxy groups -OCH3 is 1. The molecule has 1 aliphatic heterocycles. The summed E-state index contributed by atoms with van der Waals surface area (Å²) in [4.78, 5) is 11.9. The Labute approximate surface area is 119 Å². The summed E-state index contributed by atoms with van der Waals surface area (Å²) in [6, 6.07) is 7.20. The van der Waals surface area contributed by atoms with Gasteiger partial charge >= 0.3 is 0 Å². The molecule has 1 aromatic rings. The molecule has 0 unspecified atom stereocenters. The predicted octanol–water partition coefficient (Wildman–Crippen LogP) is 1.76. The number of amides is 1. The third kappa shape index (κ3) is 4.13. The van der Waals surface area contributed by atoms with Crippen molar-refractivity contribution in [2.45, 2.75) is 32.0 Å². The molecule has 20 heavy (non-hydrogen) atoms. The van der Waals surface area contributed by atoms with Gasteiger partial charge in [0, 0.05) is 19.2 Å². The van der Waals surface area contributed by atoms with Crippen molar-refractivity contribution in [2.24, 2.45) is 0 Å². The summed E-state index contributed by atoms with van der Waals surface area (Å²) in [5.74, 6) is 1.18. The van der Waals surface area contributed by atoms with Gasteiger partial charge in [0.2, 0.25) is 0 Å². The first-order chi connectivity index (χ1) is 9.69. The Morgan fingerprint density at radius 1 is 1.50 bits per heavy atom. The molecule has 5 heteroatoms. The van der Waals surface area contributed by atoms with Crippen LogP contribution in [0.3, 0.4) is 0 Å². The monoisotopic (exact) mass is 279 g/mol. The number of carbonyl (C=O) groups excluding carboxylic acids is 1. The van der Waals surface area contributed by atoms with Crippen molar-refractivity contribution >= 4 is 5.91 Å². The van der Waals surface area contributed by atoms with Crippen LogP contribution < -0.4 is 14.8 Å². The van der Waals surface area contributed by atoms with Gasteiger partial charge in [0.1, 0.15) is 11.5 Å². The van der Waals surface area contributed by atoms with Crippen molar-refractivity contribution in [2.75, 3.05) is 20.3 Å². The summed E-state index contributed by atoms with van der Waals surface area (Å²) in [5, 5.41) is 2.85. The Morgan fingerprint density at radius 3 is 3.00 bits per heavy atom. The van der Waals surface area contributed by atoms with Crippen molar-refractivity contribution < 1.29 is 19.0 Å². The average Bonchev–Trinajstić information content (AvgIpc) is 2.98. The van der Waals surface area contributed by atoms with Gasteiger partial charge in [-0.3, -0.25) is 4.79 Å². The molecule has 2 atom stereocenters. The zero-order chi connectivity index (χ0) is 14.4. The lowest BCUT2D eigenvalue weighted by Crippen LogP contribution is -2.40. The standard InChI is InChI=1S/C15H21NO4/c1-11(15(17)16-10-14-7-4-8-19-14)20-13-6-3-5-12(9-13)18-2/h3,5-6,9,11,14H,4,7-8,10H2,1-2H3,(H,16,17)/t11-,14+/m0/s1. The number of rotatable bonds is 6. The summed E-state index contributed by atoms with van der Waals surface area (Å²) in [7, 11) is 1.59. The number of ether oxygens (including phenoxy) is 3. The summed E-state index contributed by atoms with van der Waals surface area (Å²) < 4.78 is 16.2. The van der Waals surface area contributed by atoms with Crippen LogP contribution in [0.4, 0.5) is 0 Å². The topological polar surface area (TPSA) is 56.8 Å². The van der Waals surface area contributed by atoms with Gasteiger partial charge in [-0.25, -0.2) is 0 Å². The first kappa shape index (κ1) is 14.7. The van der Waals surface area contributed by atoms with Crippen molar-refractivity contribution in [3.63, 3.8) is 0 Å². The maximum atomic E-state index is 11.9. The van der Waals surface area contributed by atoms with E-state index in [9.17, 15) is 4.79 Å². The fourth-order valence-electron chi connectivity index (χ4n) is 2.10. The quantitative estimate of drug-likeness (QED) is 0.862. The molecule has 2 rings (SSSR count). The molecule has 1 aromatic carbocycles. The molecule has 0 spiro atoms. The van der Waals surface area contributed by atoms with Crippen LogP contribution in [0.5, 0.6) is 11.5 Å². The maximum Gasteiger partial charge on any atom is 0.260 e. The number of carbonyl (C=O) groups is 1. The van der Waals surface area contributed by atoms with E-state index in [1.54, 1.807) is 26.2 Å². The minimum Gasteiger partial charge on any atom is -0.497 e. The summed E-state index contributed by atoms with van der Waals surface area (Å²) >= 11 is 0. The summed E-state index contributed by atoms with van der Waals surface area (Å²) in [5.41, 5.74) is 0. The van der Waals surface area contributed by atoms with E-state index in [0.717, 1.165) is 19.4 Å². The molecule has 0 aromatic heterocycles. The molecule has 1 N–H and O–H groups in total. The smallest absolute Gasteiger partial charge is 0.260 e. The summed E-state index contributed by atoms with van der Waals surface area (Å²) in [6.07, 6.45) is 1.66. The number of hydrogen-bond donors (Lipinski definition) is 1. The van der Waals surface area contributed by atoms with Gasteiger partial charge in [0.15, 0.2) is 6.10 Å². The van der Waals surface area contributed by atoms with Crippen LogP contribution in [0.15, 0.2) is 24.3 Å². The molecule has 0 aliphatic carbocycles. The molecule has 1 saturated heterocycles. The number of benzene rings is 1. The highest BCUT2D eigenvalue weighted by atomic mass is 16.5. The maximum absolute atomic E-state index is 11.9. The van der Waals surface area contributed by atoms with E-state index < -0.39 is 6.10 Å². The van der Waals surface area contributed by atoms with Gasteiger partial charge in [-0.05, 0) is 31.9 Å². The molecule has 0 saturated carbocycles. The average molecular weight is 279 g/mol. The Balaban J connectivity index is 1.80. The van der Waals surface area contributed by atoms with Gasteiger partial charge in [-0.2, -0.15) is 0 Å². The van der Waals surface area contributed by atoms with Gasteiger partial charge in [-0.15, -0.1) is 0 Å². The van der Waals surface area contributed by atoms with Gasteiger partial charge in [0.25, 0.3) is 5.91 Å². The van der Waals surface area contributed by atoms with Gasteiger partial charge in [0.05, 0.1) is 13.2 Å². The van der Waals surface area contributed by atoms with E-state index in [2.05, 4.69) is 5.32 Å². The van der Waals surface area contributed by atoms with Crippen molar-refractivity contribution in [3.8, 4) is 11.5 Å². The molecule has 110 valence electrons. The van der Waals surface area contributed by atoms with Crippen LogP contribution >= 0.6 is 0 Å². The van der Waals surface area contributed by atoms with Crippen LogP contribution in [0, 0.1) is 0 Å². The summed E-state index contributed by atoms with van der Waals surface area (Å²) in [6.45, 7) is 3.06. The molecular weight excluding hydrogens is 258 g/mol. The first-order valence-corrected chi connectivity index (χ1v) is 6.89. The highest BCUT2D eigenvalue weighted by Crippen LogP contribution is 2.20. The minimum atomic E-state index is -0.552. The van der Waals surface area contributed by atoms with Crippen molar-refractivity contribution in [3.05, 3.63) is 24.3 Å². The minimum absolute atomic E-state index is 0.136. The highest BCUT2D eigenvalue weighted by Gasteiger charge is 2.19. The van der Waals surface area contributed by atoms with E-state index in [1.807, 2.05) is 12.1 Å². The third-order valence-corrected chi connectivity index (χ3v) is 3.25. The Kier molecular flexibility index (Phi) is 5.24. The van der Waals surface area contributed by atoms with Crippen LogP contribution in [0.25, 0.3) is 0 Å². The Hall–Kier alpha value is -1.75. The highest BCUT2D eigenvalue weighted by molar-refractivity contribution is 5.80. The van der Waals surface area contributed by atoms with Crippen LogP contribution in [0.1, 0.15) is 19.8 Å². The fraction of sp³-hybridized carbons (Fsp3) is 0.533. The van der Waals surface area contributed by atoms with E-state index in [-0.39, 0.29) is 12.0 Å². The molecule has 1 fully saturated rings. The lowest BCUT2D eigenvalue weighted by molar-refractivity contribution is -0.127. The Bertz CT molecular complexity index is 443. The predicted molar refractivity (Wildman–Crippen MR) is 75.1 cm³/mol. The third-order valence-electron chi connectivity index (χ3n) is 3.25. The largest absolute Gasteiger partial charge is 0.497 e. The molecule has 5 nitrogen and oxygen atoms in total. The van der Waals surface area contributed by atoms with Gasteiger partial charge < -0.3 is 19.5 Å². The fourth-order valence-corrected chi connectivity index (χ4v) is 2.10. The lowest BCUT2D eigenvalue weighted by Gasteiger charge is -2.16. The van der Waals surface area contributed by atoms with Crippen molar-refractivity contribution in [1.82, 2.24) is 5.32 Å². The van der Waals surface area contributed by atoms with E-state index in [0.29, 0.717) is 18.0 Å². The molecule has 0 bridgehead atoms. The second-order valence-electron chi connectivity index (χ2n) is 4.82. The molecule has 1 heterocycles. The van der Waals surface area contributed by atoms with E-state index in [4.69, 9.17) is 14.2 Å². The molecular formula is C15H21NO4. The SMILES string of the molecule is COc1cccc(O[C@@H](C)C(=O)NC[C@H]2CCCO2)c1. The van der Waals surface area contributed by atoms with Crippen LogP contribution in [0.2, 0.25) is 0 Å². The Morgan fingerprint density at radius 2 is 2.30 bits per heavy atom. The second-order valence-corrected chi connectivity index (χ2v) is 4.82. The van der Waals surface area contributed by atoms with Crippen LogP contribution in [-0.4, -0.2) is 38.4 Å². The van der Waals surface area contributed by atoms with E-state index >= 15 is 0 Å². The number of nitrogens with one attached hydrogen (secondary N) is 1. The zero-order valence-electron chi connectivity index (χ0n) is 11.9. The molecule has 1 aliphatic rings. The molecule has 1 amide bonds. The number of hydrogen-bond acceptors (Lipinski definition) is 4. The second kappa shape index (κ2) is 7.14. The normalized spacial score (nSPS) is 19.4. The van der Waals surface area contributed by atoms with Crippen molar-refractivity contribution in [1.29, 1.82) is 0 Å². The lowest BCUT2D eigenvalue weighted by atomic mass is 10.2. The zero-order valence-corrected chi connectivity index (χ0v) is 11.9. The van der Waals surface area contributed by atoms with Gasteiger partial charge in [-0.1, -0.05) is 6.07 Å².